The van der Waals surface area contributed by atoms with Crippen LogP contribution in [0.3, 0.4) is 0 Å². The smallest absolute Gasteiger partial charge is 0.0721 e. The molecule has 0 amide bonds. The van der Waals surface area contributed by atoms with Gasteiger partial charge >= 0.3 is 0 Å². The Morgan fingerprint density at radius 2 is 1.04 bits per heavy atom. The fourth-order valence-electron chi connectivity index (χ4n) is 2.54. The minimum absolute atomic E-state index is 0.178. The minimum Gasteiger partial charge on any atom is -0.372 e. The van der Waals surface area contributed by atoms with Crippen molar-refractivity contribution in [2.24, 2.45) is 0 Å². The summed E-state index contributed by atoms with van der Waals surface area (Å²) in [5.41, 5.74) is 5.55. The summed E-state index contributed by atoms with van der Waals surface area (Å²) in [7, 11) is 0. The summed E-state index contributed by atoms with van der Waals surface area (Å²) in [5.74, 6) is 0. The van der Waals surface area contributed by atoms with Crippen molar-refractivity contribution < 1.29 is 4.74 Å². The van der Waals surface area contributed by atoms with Crippen LogP contribution in [0.2, 0.25) is 0 Å². The van der Waals surface area contributed by atoms with Gasteiger partial charge in [0.15, 0.2) is 0 Å². The highest BCUT2D eigenvalue weighted by Gasteiger charge is 2.14. The molecule has 2 aromatic rings. The van der Waals surface area contributed by atoms with E-state index in [0.29, 0.717) is 13.2 Å². The molecule has 0 atom stereocenters. The number of ether oxygens (including phenoxy) is 1. The Balaban J connectivity index is 1.98. The Bertz CT molecular complexity index is 584. The van der Waals surface area contributed by atoms with Gasteiger partial charge in [-0.1, -0.05) is 90.1 Å². The summed E-state index contributed by atoms with van der Waals surface area (Å²) < 4.78 is 5.94. The average molecular weight is 310 g/mol. The van der Waals surface area contributed by atoms with Gasteiger partial charge in [0.05, 0.1) is 13.2 Å². The summed E-state index contributed by atoms with van der Waals surface area (Å²) in [6.07, 6.45) is 0. The molecule has 2 rings (SSSR count). The number of hydrogen-bond donors (Lipinski definition) is 0. The van der Waals surface area contributed by atoms with Crippen LogP contribution in [-0.4, -0.2) is 0 Å². The van der Waals surface area contributed by atoms with Crippen molar-refractivity contribution >= 4 is 0 Å². The van der Waals surface area contributed by atoms with E-state index in [4.69, 9.17) is 4.74 Å². The van der Waals surface area contributed by atoms with Gasteiger partial charge in [-0.2, -0.15) is 0 Å². The molecule has 0 fully saturated rings. The maximum atomic E-state index is 5.94. The number of benzene rings is 2. The Morgan fingerprint density at radius 3 is 1.39 bits per heavy atom. The zero-order valence-corrected chi connectivity index (χ0v) is 15.4. The topological polar surface area (TPSA) is 9.23 Å². The van der Waals surface area contributed by atoms with E-state index in [2.05, 4.69) is 90.1 Å². The first-order valence-electron chi connectivity index (χ1n) is 8.43. The molecule has 0 heterocycles. The fraction of sp³-hybridized carbons (Fsp3) is 0.455. The molecule has 0 spiro atoms. The third-order valence-electron chi connectivity index (χ3n) is 4.12. The SMILES string of the molecule is CC(C)(C)c1cccc(COCc2cccc(C(C)(C)C)c2)c1. The third-order valence-corrected chi connectivity index (χ3v) is 4.12. The van der Waals surface area contributed by atoms with Crippen LogP contribution in [0.1, 0.15) is 63.8 Å². The first-order chi connectivity index (χ1) is 10.7. The Labute approximate surface area is 141 Å². The van der Waals surface area contributed by atoms with Crippen LogP contribution < -0.4 is 0 Å². The average Bonchev–Trinajstić information content (AvgIpc) is 2.46. The van der Waals surface area contributed by atoms with Crippen LogP contribution in [0, 0.1) is 0 Å². The third kappa shape index (κ3) is 5.21. The summed E-state index contributed by atoms with van der Waals surface area (Å²) in [4.78, 5) is 0. The van der Waals surface area contributed by atoms with Gasteiger partial charge in [-0.3, -0.25) is 0 Å². The van der Waals surface area contributed by atoms with E-state index in [1.54, 1.807) is 0 Å². The maximum Gasteiger partial charge on any atom is 0.0721 e. The molecule has 0 bridgehead atoms. The van der Waals surface area contributed by atoms with Gasteiger partial charge in [-0.15, -0.1) is 0 Å². The lowest BCUT2D eigenvalue weighted by Crippen LogP contribution is -2.11. The predicted octanol–water partition coefficient (Wildman–Crippen LogP) is 6.00. The molecular weight excluding hydrogens is 280 g/mol. The van der Waals surface area contributed by atoms with Crippen molar-refractivity contribution in [1.82, 2.24) is 0 Å². The van der Waals surface area contributed by atoms with Crippen molar-refractivity contribution in [1.29, 1.82) is 0 Å². The molecule has 0 aliphatic carbocycles. The molecule has 1 heteroatoms. The maximum absolute atomic E-state index is 5.94. The lowest BCUT2D eigenvalue weighted by Gasteiger charge is -2.20. The van der Waals surface area contributed by atoms with E-state index in [9.17, 15) is 0 Å². The molecule has 23 heavy (non-hydrogen) atoms. The van der Waals surface area contributed by atoms with E-state index in [1.165, 1.54) is 22.3 Å². The molecule has 0 aliphatic rings. The number of rotatable bonds is 4. The van der Waals surface area contributed by atoms with Gasteiger partial charge in [0.2, 0.25) is 0 Å². The Hall–Kier alpha value is -1.60. The molecule has 0 aliphatic heterocycles. The summed E-state index contributed by atoms with van der Waals surface area (Å²) in [5, 5.41) is 0. The van der Waals surface area contributed by atoms with Gasteiger partial charge in [0, 0.05) is 0 Å². The van der Waals surface area contributed by atoms with Gasteiger partial charge in [-0.05, 0) is 33.1 Å². The lowest BCUT2D eigenvalue weighted by atomic mass is 9.86. The summed E-state index contributed by atoms with van der Waals surface area (Å²) in [6.45, 7) is 14.8. The zero-order valence-electron chi connectivity index (χ0n) is 15.4. The van der Waals surface area contributed by atoms with Crippen molar-refractivity contribution in [2.75, 3.05) is 0 Å². The molecule has 1 nitrogen and oxygen atoms in total. The number of hydrogen-bond acceptors (Lipinski definition) is 1. The second kappa shape index (κ2) is 6.88. The Kier molecular flexibility index (Phi) is 5.31. The van der Waals surface area contributed by atoms with E-state index in [0.717, 1.165) is 0 Å². The van der Waals surface area contributed by atoms with Crippen molar-refractivity contribution in [3.8, 4) is 0 Å². The molecule has 0 unspecified atom stereocenters. The van der Waals surface area contributed by atoms with Crippen molar-refractivity contribution in [3.05, 3.63) is 70.8 Å². The zero-order chi connectivity index (χ0) is 17.1. The molecule has 0 saturated heterocycles. The van der Waals surface area contributed by atoms with E-state index < -0.39 is 0 Å². The van der Waals surface area contributed by atoms with Crippen LogP contribution >= 0.6 is 0 Å². The van der Waals surface area contributed by atoms with Crippen LogP contribution in [0.15, 0.2) is 48.5 Å². The Morgan fingerprint density at radius 1 is 0.652 bits per heavy atom. The molecular formula is C22H30O. The van der Waals surface area contributed by atoms with Crippen LogP contribution in [-0.2, 0) is 28.8 Å². The summed E-state index contributed by atoms with van der Waals surface area (Å²) in [6, 6.07) is 17.4. The quantitative estimate of drug-likeness (QED) is 0.673. The minimum atomic E-state index is 0.178. The second-order valence-electron chi connectivity index (χ2n) is 8.39. The van der Waals surface area contributed by atoms with Crippen LogP contribution in [0.25, 0.3) is 0 Å². The first-order valence-corrected chi connectivity index (χ1v) is 8.43. The van der Waals surface area contributed by atoms with Gasteiger partial charge < -0.3 is 4.74 Å². The molecule has 0 N–H and O–H groups in total. The predicted molar refractivity (Wildman–Crippen MR) is 98.8 cm³/mol. The molecule has 0 saturated carbocycles. The highest BCUT2D eigenvalue weighted by atomic mass is 16.5. The van der Waals surface area contributed by atoms with Gasteiger partial charge in [-0.25, -0.2) is 0 Å². The molecule has 2 aromatic carbocycles. The molecule has 0 radical (unpaired) electrons. The highest BCUT2D eigenvalue weighted by Crippen LogP contribution is 2.24. The monoisotopic (exact) mass is 310 g/mol. The first kappa shape index (κ1) is 17.7. The van der Waals surface area contributed by atoms with E-state index >= 15 is 0 Å². The second-order valence-corrected chi connectivity index (χ2v) is 8.39. The summed E-state index contributed by atoms with van der Waals surface area (Å²) >= 11 is 0. The standard InChI is InChI=1S/C22H30O/c1-21(2,3)19-11-7-9-17(13-19)15-23-16-18-10-8-12-20(14-18)22(4,5)6/h7-14H,15-16H2,1-6H3. The van der Waals surface area contributed by atoms with E-state index in [-0.39, 0.29) is 10.8 Å². The molecule has 124 valence electrons. The highest BCUT2D eigenvalue weighted by molar-refractivity contribution is 5.29. The van der Waals surface area contributed by atoms with Crippen LogP contribution in [0.5, 0.6) is 0 Å². The van der Waals surface area contributed by atoms with E-state index in [1.807, 2.05) is 0 Å². The lowest BCUT2D eigenvalue weighted by molar-refractivity contribution is 0.107. The van der Waals surface area contributed by atoms with Crippen LogP contribution in [0.4, 0.5) is 0 Å². The van der Waals surface area contributed by atoms with Crippen molar-refractivity contribution in [3.63, 3.8) is 0 Å². The fourth-order valence-corrected chi connectivity index (χ4v) is 2.54. The normalized spacial score (nSPS) is 12.4. The van der Waals surface area contributed by atoms with Gasteiger partial charge in [0.25, 0.3) is 0 Å². The van der Waals surface area contributed by atoms with Crippen molar-refractivity contribution in [2.45, 2.75) is 65.6 Å². The molecule has 0 aromatic heterocycles. The largest absolute Gasteiger partial charge is 0.372 e. The van der Waals surface area contributed by atoms with Gasteiger partial charge in [0.1, 0.15) is 0 Å².